The van der Waals surface area contributed by atoms with Gasteiger partial charge in [0.1, 0.15) is 11.5 Å². The maximum Gasteiger partial charge on any atom is 0.271 e. The summed E-state index contributed by atoms with van der Waals surface area (Å²) in [5.74, 6) is -0.455. The molecule has 172 valence electrons. The van der Waals surface area contributed by atoms with E-state index in [4.69, 9.17) is 0 Å². The molecular weight excluding hydrogens is 419 g/mol. The SMILES string of the molecule is CC(=O)N[C@@]12CCN(C)C[C@@H]1[C@@H](c1ccccc1)N(C(=O)c1cc3cc(F)ccc3n1C)C2. The van der Waals surface area contributed by atoms with Crippen LogP contribution in [0.3, 0.4) is 0 Å². The molecule has 0 unspecified atom stereocenters. The van der Waals surface area contributed by atoms with Crippen molar-refractivity contribution in [3.05, 3.63) is 71.7 Å². The number of carbonyl (C=O) groups excluding carboxylic acids is 2. The van der Waals surface area contributed by atoms with E-state index in [0.717, 1.165) is 30.6 Å². The number of fused-ring (bicyclic) bond motifs is 2. The zero-order valence-electron chi connectivity index (χ0n) is 19.2. The van der Waals surface area contributed by atoms with Crippen molar-refractivity contribution >= 4 is 22.7 Å². The molecule has 0 aliphatic carbocycles. The Morgan fingerprint density at radius 3 is 2.58 bits per heavy atom. The summed E-state index contributed by atoms with van der Waals surface area (Å²) < 4.78 is 15.7. The van der Waals surface area contributed by atoms with E-state index in [1.54, 1.807) is 19.1 Å². The quantitative estimate of drug-likeness (QED) is 0.669. The Labute approximate surface area is 193 Å². The van der Waals surface area contributed by atoms with Crippen molar-refractivity contribution in [1.82, 2.24) is 19.7 Å². The van der Waals surface area contributed by atoms with Gasteiger partial charge in [-0.05, 0) is 43.3 Å². The van der Waals surface area contributed by atoms with Gasteiger partial charge in [0.2, 0.25) is 5.91 Å². The Kier molecular flexibility index (Phi) is 5.24. The number of aromatic nitrogens is 1. The van der Waals surface area contributed by atoms with Gasteiger partial charge in [0.25, 0.3) is 5.91 Å². The third kappa shape index (κ3) is 3.60. The highest BCUT2D eigenvalue weighted by molar-refractivity contribution is 5.99. The molecule has 6 nitrogen and oxygen atoms in total. The first-order valence-electron chi connectivity index (χ1n) is 11.4. The second-order valence-corrected chi connectivity index (χ2v) is 9.54. The average molecular weight is 449 g/mol. The highest BCUT2D eigenvalue weighted by atomic mass is 19.1. The van der Waals surface area contributed by atoms with Gasteiger partial charge >= 0.3 is 0 Å². The second kappa shape index (κ2) is 7.99. The first-order chi connectivity index (χ1) is 15.8. The third-order valence-corrected chi connectivity index (χ3v) is 7.38. The van der Waals surface area contributed by atoms with Crippen LogP contribution in [0.1, 0.15) is 35.4 Å². The van der Waals surface area contributed by atoms with Crippen LogP contribution >= 0.6 is 0 Å². The number of hydrogen-bond donors (Lipinski definition) is 1. The lowest BCUT2D eigenvalue weighted by Crippen LogP contribution is -2.60. The van der Waals surface area contributed by atoms with Gasteiger partial charge < -0.3 is 19.7 Å². The summed E-state index contributed by atoms with van der Waals surface area (Å²) in [6, 6.07) is 16.2. The maximum absolute atomic E-state index is 14.0. The summed E-state index contributed by atoms with van der Waals surface area (Å²) in [4.78, 5) is 30.5. The topological polar surface area (TPSA) is 57.6 Å². The van der Waals surface area contributed by atoms with Gasteiger partial charge in [-0.3, -0.25) is 9.59 Å². The van der Waals surface area contributed by atoms with Crippen LogP contribution in [0, 0.1) is 11.7 Å². The fraction of sp³-hybridized carbons (Fsp3) is 0.385. The number of carbonyl (C=O) groups is 2. The molecule has 7 heteroatoms. The van der Waals surface area contributed by atoms with E-state index < -0.39 is 5.54 Å². The van der Waals surface area contributed by atoms with Crippen molar-refractivity contribution in [2.45, 2.75) is 24.9 Å². The number of rotatable bonds is 3. The van der Waals surface area contributed by atoms with Crippen LogP contribution in [0.15, 0.2) is 54.6 Å². The lowest BCUT2D eigenvalue weighted by atomic mass is 9.76. The molecule has 3 aromatic rings. The second-order valence-electron chi connectivity index (χ2n) is 9.54. The third-order valence-electron chi connectivity index (χ3n) is 7.38. The first-order valence-corrected chi connectivity index (χ1v) is 11.4. The lowest BCUT2D eigenvalue weighted by molar-refractivity contribution is -0.122. The molecule has 2 amide bonds. The molecule has 3 heterocycles. The molecule has 5 rings (SSSR count). The zero-order chi connectivity index (χ0) is 23.3. The highest BCUT2D eigenvalue weighted by Crippen LogP contribution is 2.47. The molecule has 2 aromatic carbocycles. The van der Waals surface area contributed by atoms with E-state index in [2.05, 4.69) is 29.4 Å². The minimum Gasteiger partial charge on any atom is -0.349 e. The minimum absolute atomic E-state index is 0.0543. The van der Waals surface area contributed by atoms with Crippen molar-refractivity contribution in [2.24, 2.45) is 13.0 Å². The van der Waals surface area contributed by atoms with E-state index in [1.165, 1.54) is 12.1 Å². The Morgan fingerprint density at radius 1 is 1.09 bits per heavy atom. The molecule has 3 atom stereocenters. The molecule has 2 saturated heterocycles. The summed E-state index contributed by atoms with van der Waals surface area (Å²) >= 11 is 0. The predicted octanol–water partition coefficient (Wildman–Crippen LogP) is 3.34. The molecule has 2 aliphatic rings. The molecule has 33 heavy (non-hydrogen) atoms. The summed E-state index contributed by atoms with van der Waals surface area (Å²) in [5, 5.41) is 3.95. The number of likely N-dealkylation sites (tertiary alicyclic amines) is 2. The Balaban J connectivity index is 1.62. The summed E-state index contributed by atoms with van der Waals surface area (Å²) in [5.41, 5.74) is 1.90. The van der Waals surface area contributed by atoms with Crippen LogP contribution in [0.25, 0.3) is 10.9 Å². The lowest BCUT2D eigenvalue weighted by Gasteiger charge is -2.43. The number of benzene rings is 2. The number of hydrogen-bond acceptors (Lipinski definition) is 3. The number of amides is 2. The number of piperidine rings is 1. The smallest absolute Gasteiger partial charge is 0.271 e. The molecule has 0 saturated carbocycles. The predicted molar refractivity (Wildman–Crippen MR) is 125 cm³/mol. The van der Waals surface area contributed by atoms with E-state index in [9.17, 15) is 14.0 Å². The summed E-state index contributed by atoms with van der Waals surface area (Å²) in [6.07, 6.45) is 0.779. The van der Waals surface area contributed by atoms with Crippen molar-refractivity contribution in [2.75, 3.05) is 26.7 Å². The zero-order valence-corrected chi connectivity index (χ0v) is 19.2. The fourth-order valence-corrected chi connectivity index (χ4v) is 5.87. The van der Waals surface area contributed by atoms with Gasteiger partial charge in [-0.1, -0.05) is 30.3 Å². The number of nitrogens with one attached hydrogen (secondary N) is 1. The standard InChI is InChI=1S/C26H29FN4O2/c1-17(32)28-26-11-12-29(2)15-21(26)24(18-7-5-4-6-8-18)31(16-26)25(33)23-14-19-13-20(27)9-10-22(19)30(23)3/h4-10,13-14,21,24H,11-12,15-16H2,1-3H3,(H,28,32)/t21-,24-,26-/m1/s1. The minimum atomic E-state index is -0.481. The van der Waals surface area contributed by atoms with E-state index >= 15 is 0 Å². The number of halogens is 1. The van der Waals surface area contributed by atoms with Crippen LogP contribution in [0.5, 0.6) is 0 Å². The molecule has 2 fully saturated rings. The monoisotopic (exact) mass is 448 g/mol. The number of aryl methyl sites for hydroxylation is 1. The maximum atomic E-state index is 14.0. The van der Waals surface area contributed by atoms with Crippen molar-refractivity contribution < 1.29 is 14.0 Å². The van der Waals surface area contributed by atoms with Gasteiger partial charge in [-0.2, -0.15) is 0 Å². The van der Waals surface area contributed by atoms with Crippen molar-refractivity contribution in [1.29, 1.82) is 0 Å². The van der Waals surface area contributed by atoms with Gasteiger partial charge in [-0.15, -0.1) is 0 Å². The van der Waals surface area contributed by atoms with Crippen LogP contribution in [-0.4, -0.2) is 58.4 Å². The van der Waals surface area contributed by atoms with Crippen LogP contribution in [0.4, 0.5) is 4.39 Å². The Hall–Kier alpha value is -3.19. The van der Waals surface area contributed by atoms with Crippen LogP contribution < -0.4 is 5.32 Å². The van der Waals surface area contributed by atoms with Crippen molar-refractivity contribution in [3.8, 4) is 0 Å². The summed E-state index contributed by atoms with van der Waals surface area (Å²) in [7, 11) is 3.92. The largest absolute Gasteiger partial charge is 0.349 e. The summed E-state index contributed by atoms with van der Waals surface area (Å²) in [6.45, 7) is 3.63. The van der Waals surface area contributed by atoms with Crippen LogP contribution in [0.2, 0.25) is 0 Å². The van der Waals surface area contributed by atoms with Gasteiger partial charge in [0.15, 0.2) is 0 Å². The van der Waals surface area contributed by atoms with Crippen LogP contribution in [-0.2, 0) is 11.8 Å². The first kappa shape index (κ1) is 21.6. The van der Waals surface area contributed by atoms with E-state index in [1.807, 2.05) is 34.7 Å². The molecular formula is C26H29FN4O2. The molecule has 2 aliphatic heterocycles. The Morgan fingerprint density at radius 2 is 1.85 bits per heavy atom. The van der Waals surface area contributed by atoms with Gasteiger partial charge in [0, 0.05) is 50.4 Å². The van der Waals surface area contributed by atoms with Gasteiger partial charge in [-0.25, -0.2) is 4.39 Å². The number of nitrogens with zero attached hydrogens (tertiary/aromatic N) is 3. The molecule has 0 radical (unpaired) electrons. The molecule has 0 bridgehead atoms. The molecule has 1 N–H and O–H groups in total. The normalized spacial score (nSPS) is 25.3. The van der Waals surface area contributed by atoms with Gasteiger partial charge in [0.05, 0.1) is 11.6 Å². The molecule has 0 spiro atoms. The fourth-order valence-electron chi connectivity index (χ4n) is 5.87. The van der Waals surface area contributed by atoms with E-state index in [-0.39, 0.29) is 29.6 Å². The Bertz CT molecular complexity index is 1220. The highest BCUT2D eigenvalue weighted by Gasteiger charge is 2.56. The van der Waals surface area contributed by atoms with Crippen molar-refractivity contribution in [3.63, 3.8) is 0 Å². The van der Waals surface area contributed by atoms with E-state index in [0.29, 0.717) is 17.6 Å². The molecule has 1 aromatic heterocycles. The average Bonchev–Trinajstić information content (AvgIpc) is 3.28.